The van der Waals surface area contributed by atoms with Crippen LogP contribution < -0.4 is 0 Å². The van der Waals surface area contributed by atoms with E-state index in [9.17, 15) is 61.0 Å². The highest BCUT2D eigenvalue weighted by molar-refractivity contribution is 5.69. The zero-order valence-corrected chi connectivity index (χ0v) is 33.3. The van der Waals surface area contributed by atoms with Crippen LogP contribution in [0, 0.1) is 0 Å². The summed E-state index contributed by atoms with van der Waals surface area (Å²) in [5.74, 6) is -0.484. The summed E-state index contributed by atoms with van der Waals surface area (Å²) in [6.07, 6.45) is -5.59. The molecule has 16 unspecified atom stereocenters. The van der Waals surface area contributed by atoms with Gasteiger partial charge in [-0.15, -0.1) is 0 Å². The predicted octanol–water partition coefficient (Wildman–Crippen LogP) is -1.83. The Balaban J connectivity index is 1.34. The molecule has 0 spiro atoms. The van der Waals surface area contributed by atoms with E-state index in [1.54, 1.807) is 0 Å². The SMILES string of the molecule is CCCCCC=CCC=CCCCCCCCC(=O)OCC(O)COC1OC(COC2OC(COC3OC(CO)C(O)C(O)C3O)C(O)C(O)C2O)C(O)C(O)C1O. The molecule has 0 bridgehead atoms. The molecular formula is C39H68O19. The van der Waals surface area contributed by atoms with Crippen LogP contribution in [0.15, 0.2) is 24.3 Å². The second-order valence-electron chi connectivity index (χ2n) is 15.0. The van der Waals surface area contributed by atoms with Crippen molar-refractivity contribution in [3.8, 4) is 0 Å². The largest absolute Gasteiger partial charge is 0.463 e. The Morgan fingerprint density at radius 1 is 0.552 bits per heavy atom. The fourth-order valence-electron chi connectivity index (χ4n) is 6.56. The minimum absolute atomic E-state index is 0.190. The van der Waals surface area contributed by atoms with Crippen molar-refractivity contribution in [2.45, 2.75) is 182 Å². The Hall–Kier alpha value is -1.73. The number of carbonyl (C=O) groups excluding carboxylic acids is 1. The lowest BCUT2D eigenvalue weighted by atomic mass is 9.98. The standard InChI is InChI=1S/C39H68O19/c1-2-3-4-5-6-7-8-9-10-11-12-13-14-15-16-17-27(42)52-19-23(41)20-53-37-35(50)32(47)29(44)25(57-37)22-55-39-36(51)33(48)30(45)26(58-39)21-54-38-34(49)31(46)28(43)24(18-40)56-38/h6-7,9-10,23-26,28-41,43-51H,2-5,8,11-22H2,1H3. The van der Waals surface area contributed by atoms with E-state index < -0.39 is 137 Å². The maximum Gasteiger partial charge on any atom is 0.305 e. The zero-order valence-electron chi connectivity index (χ0n) is 33.3. The summed E-state index contributed by atoms with van der Waals surface area (Å²) in [5.41, 5.74) is 0. The van der Waals surface area contributed by atoms with Crippen LogP contribution in [0.3, 0.4) is 0 Å². The van der Waals surface area contributed by atoms with Gasteiger partial charge in [-0.05, 0) is 38.5 Å². The highest BCUT2D eigenvalue weighted by Crippen LogP contribution is 2.28. The van der Waals surface area contributed by atoms with Crippen LogP contribution in [-0.2, 0) is 38.0 Å². The van der Waals surface area contributed by atoms with Crippen LogP contribution in [0.4, 0.5) is 0 Å². The molecule has 3 fully saturated rings. The first-order valence-corrected chi connectivity index (χ1v) is 20.5. The summed E-state index contributed by atoms with van der Waals surface area (Å²) in [4.78, 5) is 12.2. The first-order valence-electron chi connectivity index (χ1n) is 20.5. The predicted molar refractivity (Wildman–Crippen MR) is 201 cm³/mol. The van der Waals surface area contributed by atoms with Gasteiger partial charge in [0.2, 0.25) is 0 Å². The van der Waals surface area contributed by atoms with Crippen molar-refractivity contribution in [2.24, 2.45) is 0 Å². The van der Waals surface area contributed by atoms with Gasteiger partial charge in [0, 0.05) is 6.42 Å². The average molecular weight is 841 g/mol. The van der Waals surface area contributed by atoms with E-state index in [1.807, 2.05) is 0 Å². The molecule has 0 radical (unpaired) electrons. The molecular weight excluding hydrogens is 772 g/mol. The summed E-state index contributed by atoms with van der Waals surface area (Å²) in [6.45, 7) is -0.626. The van der Waals surface area contributed by atoms with Crippen LogP contribution in [-0.4, -0.2) is 193 Å². The van der Waals surface area contributed by atoms with Crippen LogP contribution in [0.2, 0.25) is 0 Å². The normalized spacial score (nSPS) is 36.4. The van der Waals surface area contributed by atoms with Gasteiger partial charge < -0.3 is 89.3 Å². The molecule has 3 rings (SSSR count). The number of unbranched alkanes of at least 4 members (excludes halogenated alkanes) is 8. The number of carbonyl (C=O) groups is 1. The van der Waals surface area contributed by atoms with Crippen molar-refractivity contribution >= 4 is 5.97 Å². The number of hydrogen-bond donors (Lipinski definition) is 11. The van der Waals surface area contributed by atoms with Crippen molar-refractivity contribution in [2.75, 3.05) is 33.0 Å². The molecule has 58 heavy (non-hydrogen) atoms. The first kappa shape index (κ1) is 50.6. The molecule has 3 aliphatic rings. The Labute approximate surface area is 339 Å². The topological polar surface area (TPSA) is 304 Å². The van der Waals surface area contributed by atoms with E-state index >= 15 is 0 Å². The van der Waals surface area contributed by atoms with Gasteiger partial charge in [0.15, 0.2) is 18.9 Å². The number of ether oxygens (including phenoxy) is 7. The Kier molecular flexibility index (Phi) is 23.8. The Morgan fingerprint density at radius 3 is 1.52 bits per heavy atom. The maximum absolute atomic E-state index is 12.2. The first-order chi connectivity index (χ1) is 27.8. The molecule has 3 saturated heterocycles. The summed E-state index contributed by atoms with van der Waals surface area (Å²) in [5, 5.41) is 113. The number of allylic oxidation sites excluding steroid dienone is 4. The average Bonchev–Trinajstić information content (AvgIpc) is 3.21. The molecule has 0 amide bonds. The van der Waals surface area contributed by atoms with Gasteiger partial charge in [0.05, 0.1) is 26.4 Å². The molecule has 0 saturated carbocycles. The quantitative estimate of drug-likeness (QED) is 0.0259. The number of aliphatic hydroxyl groups is 11. The maximum atomic E-state index is 12.2. The van der Waals surface area contributed by atoms with Crippen LogP contribution in [0.5, 0.6) is 0 Å². The zero-order chi connectivity index (χ0) is 42.6. The van der Waals surface area contributed by atoms with Gasteiger partial charge >= 0.3 is 5.97 Å². The lowest BCUT2D eigenvalue weighted by Gasteiger charge is -2.43. The third-order valence-electron chi connectivity index (χ3n) is 10.3. The van der Waals surface area contributed by atoms with Crippen molar-refractivity contribution in [1.82, 2.24) is 0 Å². The van der Waals surface area contributed by atoms with Crippen LogP contribution >= 0.6 is 0 Å². The van der Waals surface area contributed by atoms with Gasteiger partial charge in [0.25, 0.3) is 0 Å². The number of esters is 1. The molecule has 338 valence electrons. The smallest absolute Gasteiger partial charge is 0.305 e. The number of rotatable bonds is 26. The van der Waals surface area contributed by atoms with Crippen LogP contribution in [0.1, 0.15) is 84.0 Å². The van der Waals surface area contributed by atoms with E-state index in [4.69, 9.17) is 33.2 Å². The molecule has 3 aliphatic heterocycles. The van der Waals surface area contributed by atoms with E-state index in [1.165, 1.54) is 19.3 Å². The van der Waals surface area contributed by atoms with E-state index in [0.29, 0.717) is 6.42 Å². The third kappa shape index (κ3) is 16.3. The Morgan fingerprint density at radius 2 is 1.00 bits per heavy atom. The summed E-state index contributed by atoms with van der Waals surface area (Å²) >= 11 is 0. The van der Waals surface area contributed by atoms with Crippen molar-refractivity contribution in [3.63, 3.8) is 0 Å². The number of hydrogen-bond acceptors (Lipinski definition) is 19. The van der Waals surface area contributed by atoms with Gasteiger partial charge in [-0.1, -0.05) is 63.3 Å². The minimum atomic E-state index is -1.85. The molecule has 19 heteroatoms. The van der Waals surface area contributed by atoms with E-state index in [2.05, 4.69) is 31.2 Å². The summed E-state index contributed by atoms with van der Waals surface area (Å²) in [7, 11) is 0. The molecule has 19 nitrogen and oxygen atoms in total. The van der Waals surface area contributed by atoms with Gasteiger partial charge in [0.1, 0.15) is 86.0 Å². The highest BCUT2D eigenvalue weighted by Gasteiger charge is 2.49. The summed E-state index contributed by atoms with van der Waals surface area (Å²) < 4.78 is 37.8. The molecule has 0 aliphatic carbocycles. The molecule has 0 aromatic heterocycles. The second kappa shape index (κ2) is 27.3. The molecule has 0 aromatic carbocycles. The van der Waals surface area contributed by atoms with Crippen molar-refractivity contribution in [3.05, 3.63) is 24.3 Å². The van der Waals surface area contributed by atoms with Crippen molar-refractivity contribution < 1.29 is 94.1 Å². The fraction of sp³-hybridized carbons (Fsp3) is 0.872. The molecule has 11 N–H and O–H groups in total. The summed E-state index contributed by atoms with van der Waals surface area (Å²) in [6, 6.07) is 0. The monoisotopic (exact) mass is 840 g/mol. The second-order valence-corrected chi connectivity index (χ2v) is 15.0. The van der Waals surface area contributed by atoms with Gasteiger partial charge in [-0.3, -0.25) is 4.79 Å². The fourth-order valence-corrected chi connectivity index (χ4v) is 6.56. The molecule has 3 heterocycles. The molecule has 16 atom stereocenters. The number of aliphatic hydroxyl groups excluding tert-OH is 11. The van der Waals surface area contributed by atoms with E-state index in [0.717, 1.165) is 44.9 Å². The van der Waals surface area contributed by atoms with Crippen molar-refractivity contribution in [1.29, 1.82) is 0 Å². The third-order valence-corrected chi connectivity index (χ3v) is 10.3. The molecule has 0 aromatic rings. The highest BCUT2D eigenvalue weighted by atomic mass is 16.7. The van der Waals surface area contributed by atoms with Gasteiger partial charge in [-0.2, -0.15) is 0 Å². The van der Waals surface area contributed by atoms with Gasteiger partial charge in [-0.25, -0.2) is 0 Å². The lowest BCUT2D eigenvalue weighted by Crippen LogP contribution is -2.62. The van der Waals surface area contributed by atoms with E-state index in [-0.39, 0.29) is 6.42 Å². The Bertz CT molecular complexity index is 1180. The minimum Gasteiger partial charge on any atom is -0.463 e. The van der Waals surface area contributed by atoms with Crippen LogP contribution in [0.25, 0.3) is 0 Å². The lowest BCUT2D eigenvalue weighted by molar-refractivity contribution is -0.343.